The smallest absolute Gasteiger partial charge is 0.0375 e. The van der Waals surface area contributed by atoms with Gasteiger partial charge in [-0.2, -0.15) is 0 Å². The van der Waals surface area contributed by atoms with Crippen molar-refractivity contribution in [2.45, 2.75) is 39.7 Å². The summed E-state index contributed by atoms with van der Waals surface area (Å²) < 4.78 is 0. The van der Waals surface area contributed by atoms with Gasteiger partial charge < -0.3 is 11.1 Å². The van der Waals surface area contributed by atoms with Crippen LogP contribution in [0.1, 0.15) is 34.1 Å². The highest BCUT2D eigenvalue weighted by Gasteiger charge is 2.23. The molecule has 1 aliphatic rings. The van der Waals surface area contributed by atoms with E-state index in [2.05, 4.69) is 45.2 Å². The molecule has 1 unspecified atom stereocenters. The van der Waals surface area contributed by atoms with Gasteiger partial charge in [-0.25, -0.2) is 0 Å². The normalized spacial score (nSPS) is 27.6. The number of rotatable bonds is 2. The molecule has 0 spiro atoms. The first-order valence-corrected chi connectivity index (χ1v) is 5.21. The van der Waals surface area contributed by atoms with Gasteiger partial charge in [-0.3, -0.25) is 0 Å². The van der Waals surface area contributed by atoms with Crippen LogP contribution in [0.4, 0.5) is 0 Å². The lowest BCUT2D eigenvalue weighted by Crippen LogP contribution is -2.45. The van der Waals surface area contributed by atoms with Gasteiger partial charge in [0.2, 0.25) is 0 Å². The molecule has 2 nitrogen and oxygen atoms in total. The first kappa shape index (κ1) is 11.3. The summed E-state index contributed by atoms with van der Waals surface area (Å²) in [6, 6.07) is 0. The predicted molar refractivity (Wildman–Crippen MR) is 61.9 cm³/mol. The Balaban J connectivity index is 2.50. The van der Waals surface area contributed by atoms with Gasteiger partial charge in [0, 0.05) is 17.8 Å². The fourth-order valence-electron chi connectivity index (χ4n) is 1.34. The van der Waals surface area contributed by atoms with Gasteiger partial charge in [-0.05, 0) is 24.8 Å². The highest BCUT2D eigenvalue weighted by Crippen LogP contribution is 2.20. The molecule has 14 heavy (non-hydrogen) atoms. The van der Waals surface area contributed by atoms with Crippen LogP contribution in [-0.4, -0.2) is 12.1 Å². The molecule has 0 aromatic carbocycles. The predicted octanol–water partition coefficient (Wildman–Crippen LogP) is 2.18. The summed E-state index contributed by atoms with van der Waals surface area (Å²) in [5, 5.41) is 3.57. The Morgan fingerprint density at radius 2 is 2.14 bits per heavy atom. The zero-order chi connectivity index (χ0) is 10.8. The minimum Gasteiger partial charge on any atom is -0.399 e. The summed E-state index contributed by atoms with van der Waals surface area (Å²) in [4.78, 5) is 0. The second-order valence-electron chi connectivity index (χ2n) is 5.57. The van der Waals surface area contributed by atoms with Crippen molar-refractivity contribution in [3.63, 3.8) is 0 Å². The Morgan fingerprint density at radius 1 is 1.50 bits per heavy atom. The van der Waals surface area contributed by atoms with Gasteiger partial charge >= 0.3 is 0 Å². The van der Waals surface area contributed by atoms with E-state index in [-0.39, 0.29) is 5.54 Å². The maximum absolute atomic E-state index is 5.68. The van der Waals surface area contributed by atoms with Crippen molar-refractivity contribution in [2.75, 3.05) is 6.54 Å². The lowest BCUT2D eigenvalue weighted by Gasteiger charge is -2.32. The number of nitrogens with two attached hydrogens (primary N) is 1. The van der Waals surface area contributed by atoms with Gasteiger partial charge in [0.25, 0.3) is 0 Å². The van der Waals surface area contributed by atoms with E-state index in [0.29, 0.717) is 5.41 Å². The van der Waals surface area contributed by atoms with Gasteiger partial charge in [0.05, 0.1) is 0 Å². The number of nitrogens with one attached hydrogen (secondary N) is 1. The molecule has 0 bridgehead atoms. The summed E-state index contributed by atoms with van der Waals surface area (Å²) in [5.41, 5.74) is 6.96. The zero-order valence-corrected chi connectivity index (χ0v) is 9.72. The molecule has 0 aliphatic heterocycles. The van der Waals surface area contributed by atoms with E-state index < -0.39 is 0 Å². The average Bonchev–Trinajstić information content (AvgIpc) is 2.07. The molecule has 0 aromatic rings. The molecule has 80 valence electrons. The fraction of sp³-hybridized carbons (Fsp3) is 0.667. The molecular formula is C12H22N2. The second-order valence-corrected chi connectivity index (χ2v) is 5.57. The maximum atomic E-state index is 5.68. The maximum Gasteiger partial charge on any atom is 0.0375 e. The molecular weight excluding hydrogens is 172 g/mol. The van der Waals surface area contributed by atoms with E-state index in [1.165, 1.54) is 0 Å². The van der Waals surface area contributed by atoms with Crippen LogP contribution in [0.2, 0.25) is 0 Å². The molecule has 0 saturated heterocycles. The van der Waals surface area contributed by atoms with Crippen LogP contribution in [0, 0.1) is 5.41 Å². The fourth-order valence-corrected chi connectivity index (χ4v) is 1.34. The lowest BCUT2D eigenvalue weighted by molar-refractivity contribution is 0.320. The third-order valence-corrected chi connectivity index (χ3v) is 2.43. The zero-order valence-electron chi connectivity index (χ0n) is 9.72. The molecule has 1 atom stereocenters. The molecule has 2 heteroatoms. The van der Waals surface area contributed by atoms with Crippen molar-refractivity contribution in [1.29, 1.82) is 0 Å². The van der Waals surface area contributed by atoms with Crippen LogP contribution in [0.25, 0.3) is 0 Å². The number of hydrogen-bond acceptors (Lipinski definition) is 2. The van der Waals surface area contributed by atoms with E-state index in [1.807, 2.05) is 6.08 Å². The van der Waals surface area contributed by atoms with Gasteiger partial charge in [0.15, 0.2) is 0 Å². The van der Waals surface area contributed by atoms with Crippen LogP contribution in [-0.2, 0) is 0 Å². The molecule has 0 radical (unpaired) electrons. The third-order valence-electron chi connectivity index (χ3n) is 2.43. The quantitative estimate of drug-likeness (QED) is 0.707. The van der Waals surface area contributed by atoms with Gasteiger partial charge in [-0.1, -0.05) is 32.9 Å². The van der Waals surface area contributed by atoms with Crippen LogP contribution in [0.15, 0.2) is 23.9 Å². The van der Waals surface area contributed by atoms with Crippen LogP contribution < -0.4 is 11.1 Å². The molecule has 1 rings (SSSR count). The average molecular weight is 194 g/mol. The summed E-state index contributed by atoms with van der Waals surface area (Å²) >= 11 is 0. The van der Waals surface area contributed by atoms with E-state index >= 15 is 0 Å². The number of allylic oxidation sites excluding steroid dienone is 1. The summed E-state index contributed by atoms with van der Waals surface area (Å²) in [5.74, 6) is 0. The Labute approximate surface area is 87.3 Å². The Hall–Kier alpha value is -0.760. The van der Waals surface area contributed by atoms with E-state index in [1.54, 1.807) is 0 Å². The lowest BCUT2D eigenvalue weighted by atomic mass is 9.89. The van der Waals surface area contributed by atoms with Crippen molar-refractivity contribution in [1.82, 2.24) is 5.32 Å². The molecule has 0 fully saturated rings. The molecule has 0 aromatic heterocycles. The SMILES string of the molecule is CC(C)(C)CNC1(C)C=CC(N)=CC1. The Kier molecular flexibility index (Phi) is 3.05. The molecule has 3 N–H and O–H groups in total. The van der Waals surface area contributed by atoms with Crippen LogP contribution in [0.5, 0.6) is 0 Å². The summed E-state index contributed by atoms with van der Waals surface area (Å²) in [6.07, 6.45) is 7.20. The third kappa shape index (κ3) is 3.54. The van der Waals surface area contributed by atoms with Crippen molar-refractivity contribution >= 4 is 0 Å². The van der Waals surface area contributed by atoms with Crippen LogP contribution in [0.3, 0.4) is 0 Å². The standard InChI is InChI=1S/C12H22N2/c1-11(2,3)9-14-12(4)7-5-10(13)6-8-12/h5-7,14H,8-9,13H2,1-4H3. The van der Waals surface area contributed by atoms with Gasteiger partial charge in [0.1, 0.15) is 0 Å². The number of hydrogen-bond donors (Lipinski definition) is 2. The van der Waals surface area contributed by atoms with E-state index in [0.717, 1.165) is 18.7 Å². The van der Waals surface area contributed by atoms with Crippen molar-refractivity contribution < 1.29 is 0 Å². The van der Waals surface area contributed by atoms with E-state index in [9.17, 15) is 0 Å². The highest BCUT2D eigenvalue weighted by atomic mass is 15.0. The summed E-state index contributed by atoms with van der Waals surface area (Å²) in [6.45, 7) is 9.93. The second kappa shape index (κ2) is 3.77. The topological polar surface area (TPSA) is 38.0 Å². The minimum atomic E-state index is 0.0795. The molecule has 0 amide bonds. The minimum absolute atomic E-state index is 0.0795. The van der Waals surface area contributed by atoms with Gasteiger partial charge in [-0.15, -0.1) is 0 Å². The van der Waals surface area contributed by atoms with Crippen molar-refractivity contribution in [2.24, 2.45) is 11.1 Å². The highest BCUT2D eigenvalue weighted by molar-refractivity contribution is 5.26. The molecule has 0 heterocycles. The van der Waals surface area contributed by atoms with Crippen LogP contribution >= 0.6 is 0 Å². The van der Waals surface area contributed by atoms with Crippen molar-refractivity contribution in [3.8, 4) is 0 Å². The van der Waals surface area contributed by atoms with E-state index in [4.69, 9.17) is 5.73 Å². The largest absolute Gasteiger partial charge is 0.399 e. The Morgan fingerprint density at radius 3 is 2.57 bits per heavy atom. The molecule has 1 aliphatic carbocycles. The monoisotopic (exact) mass is 194 g/mol. The molecule has 0 saturated carbocycles. The first-order valence-electron chi connectivity index (χ1n) is 5.21. The first-order chi connectivity index (χ1) is 6.31. The Bertz CT molecular complexity index is 258. The van der Waals surface area contributed by atoms with Crippen molar-refractivity contribution in [3.05, 3.63) is 23.9 Å². The summed E-state index contributed by atoms with van der Waals surface area (Å²) in [7, 11) is 0.